The molecule has 129 heavy (non-hydrogen) atoms. The topological polar surface area (TPSA) is 289 Å². The monoisotopic (exact) mass is 1870 g/mol. The lowest BCUT2D eigenvalue weighted by atomic mass is 9.46. The van der Waals surface area contributed by atoms with Crippen LogP contribution in [0, 0.1) is 34.5 Å². The molecule has 0 heterocycles. The summed E-state index contributed by atoms with van der Waals surface area (Å²) in [6.07, 6.45) is -9.06. The Bertz CT molecular complexity index is 3680. The Morgan fingerprint density at radius 1 is 0.419 bits per heavy atom. The predicted octanol–water partition coefficient (Wildman–Crippen LogP) is 23.7. The van der Waals surface area contributed by atoms with Crippen LogP contribution in [0.5, 0.6) is 0 Å². The van der Waals surface area contributed by atoms with E-state index in [4.69, 9.17) is 37.9 Å². The van der Waals surface area contributed by atoms with Crippen LogP contribution in [-0.4, -0.2) is 157 Å². The van der Waals surface area contributed by atoms with Gasteiger partial charge in [-0.1, -0.05) is 127 Å². The molecule has 0 radical (unpaired) electrons. The molecule has 6 fully saturated rings. The van der Waals surface area contributed by atoms with Gasteiger partial charge in [-0.25, -0.2) is 52.7 Å². The van der Waals surface area contributed by atoms with Crippen molar-refractivity contribution in [2.45, 2.75) is 360 Å². The van der Waals surface area contributed by atoms with E-state index >= 15 is 0 Å². The third-order valence-corrected chi connectivity index (χ3v) is 19.4. The molecule has 6 aliphatic carbocycles. The molecular weight excluding hydrogens is 1720 g/mol. The zero-order chi connectivity index (χ0) is 103. The molecule has 0 amide bonds. The molecule has 742 valence electrons. The smallest absolute Gasteiger partial charge is 0.434 e. The van der Waals surface area contributed by atoms with Crippen LogP contribution in [0.15, 0.2) is 122 Å². The van der Waals surface area contributed by atoms with E-state index in [9.17, 15) is 105 Å². The number of esters is 11. The second-order valence-corrected chi connectivity index (χ2v) is 36.1. The molecule has 0 aromatic heterocycles. The SMILES string of the molecule is C=C(C)C(=O)OC(C(F)(F)F)C(F)(F)F.C=C(C)C(=O)OC(C)(C)C.C=C(C)C(=O)OC(C)(C)C12CC3CC(CC(C3)C1)C2.C=C(C)C(=O)OC(C)C.C=C(C)C(=O)OC1(CC)CCCC1.C=C(C)C(=O)OC1CCCCC1.C=C(C)C(=O)OCC(=O)OC(C(F)(F)F)C(F)(F)F.C=C(C)C(=O)OCC(C)C.C=C(C)C(=O)OCCCC.C=CC(=O)OC(C)(C)C(C)(C)C. The van der Waals surface area contributed by atoms with Gasteiger partial charge in [-0.2, -0.15) is 52.7 Å². The van der Waals surface area contributed by atoms with Gasteiger partial charge in [0.1, 0.15) is 28.5 Å². The van der Waals surface area contributed by atoms with Crippen molar-refractivity contribution in [3.63, 3.8) is 0 Å². The number of carbonyl (C=O) groups is 11. The van der Waals surface area contributed by atoms with Gasteiger partial charge in [0, 0.05) is 67.1 Å². The van der Waals surface area contributed by atoms with Crippen LogP contribution in [0.1, 0.15) is 289 Å². The zero-order valence-electron chi connectivity index (χ0n) is 80.6. The Morgan fingerprint density at radius 3 is 1.07 bits per heavy atom. The Hall–Kier alpha value is -9.27. The lowest BCUT2D eigenvalue weighted by molar-refractivity contribution is -0.314. The maximum atomic E-state index is 12.0. The van der Waals surface area contributed by atoms with Crippen molar-refractivity contribution < 1.29 is 158 Å². The largest absolute Gasteiger partial charge is 0.462 e. The maximum Gasteiger partial charge on any atom is 0.434 e. The molecule has 6 aliphatic rings. The molecule has 6 rings (SSSR count). The second-order valence-electron chi connectivity index (χ2n) is 36.1. The summed E-state index contributed by atoms with van der Waals surface area (Å²) in [5, 5.41) is 0. The van der Waals surface area contributed by atoms with Crippen molar-refractivity contribution in [2.75, 3.05) is 19.8 Å². The molecule has 22 nitrogen and oxygen atoms in total. The Labute approximate surface area is 756 Å². The molecule has 0 N–H and O–H groups in total. The van der Waals surface area contributed by atoms with E-state index in [0.717, 1.165) is 69.6 Å². The number of ether oxygens (including phenoxy) is 11. The molecule has 6 saturated carbocycles. The molecule has 0 atom stereocenters. The number of halogens is 12. The van der Waals surface area contributed by atoms with E-state index in [1.54, 1.807) is 62.3 Å². The average molecular weight is 1870 g/mol. The molecule has 0 aliphatic heterocycles. The van der Waals surface area contributed by atoms with Crippen molar-refractivity contribution in [2.24, 2.45) is 34.5 Å². The van der Waals surface area contributed by atoms with Crippen molar-refractivity contribution in [3.8, 4) is 0 Å². The van der Waals surface area contributed by atoms with Gasteiger partial charge in [0.15, 0.2) is 6.61 Å². The molecule has 4 bridgehead atoms. The van der Waals surface area contributed by atoms with Crippen LogP contribution in [0.3, 0.4) is 0 Å². The highest BCUT2D eigenvalue weighted by molar-refractivity contribution is 5.91. The number of hydrogen-bond acceptors (Lipinski definition) is 22. The van der Waals surface area contributed by atoms with Crippen LogP contribution in [0.4, 0.5) is 52.7 Å². The minimum atomic E-state index is -5.81. The van der Waals surface area contributed by atoms with Gasteiger partial charge in [-0.3, -0.25) is 0 Å². The summed E-state index contributed by atoms with van der Waals surface area (Å²) in [6, 6.07) is 0. The van der Waals surface area contributed by atoms with Crippen molar-refractivity contribution in [1.29, 1.82) is 0 Å². The fourth-order valence-electron chi connectivity index (χ4n) is 11.7. The fraction of sp³-hybridized carbons (Fsp3) is 0.674. The highest BCUT2D eigenvalue weighted by atomic mass is 19.4. The first-order chi connectivity index (χ1) is 58.2. The Kier molecular flexibility index (Phi) is 58.1. The van der Waals surface area contributed by atoms with Crippen LogP contribution < -0.4 is 0 Å². The summed E-state index contributed by atoms with van der Waals surface area (Å²) in [6.45, 7) is 78.7. The molecule has 34 heteroatoms. The molecule has 0 aromatic carbocycles. The summed E-state index contributed by atoms with van der Waals surface area (Å²) in [7, 11) is 0. The number of hydrogen-bond donors (Lipinski definition) is 0. The standard InChI is InChI=1S/C17H26O2.C11H18O2.C10H16O2.C10H18O2.C9H8F6O4.3C8H14O2.C7H6F6O2.C7H12O2/c1-11(2)15(18)19-16(3,4)17-8-12-5-13(9-17)7-14(6-12)10-17;1-4-11(7-5-6-8-11)13-10(12)9(2)3;1-8(2)10(11)12-9-6-4-3-5-7-9;1-7-8(11)12-10(5,6)9(2,3)4;1-4(2)6(17)18-3-5(16)19-7(8(10,11)12)9(13,14)15;1-6(2)7(9)10-8(3,4)5;1-6(2)5-10-8(9)7(3)4;1-4-5-6-10-8(9)7(2)3;1-3(2)4(14)15-5(6(8,9)10)7(11,12)13;1-5(2)7(8)9-6(3)4/h12-14H,1,5-10H2,2-4H3;2,4-8H2,1,3H3;9H,1,3-7H2,2H3;7H,1H2,2-6H3;7H,1,3H2,2H3;1H2,2-5H3;6H,3,5H2,1-2,4H3;2,4-6H2,1,3H3;5H,1H2,2H3;6H,1H2,2-4H3. The van der Waals surface area contributed by atoms with Crippen molar-refractivity contribution >= 4 is 65.7 Å². The van der Waals surface area contributed by atoms with E-state index in [1.165, 1.54) is 83.6 Å². The second kappa shape index (κ2) is 58.5. The number of carbonyl (C=O) groups excluding carboxylic acids is 11. The van der Waals surface area contributed by atoms with Crippen LogP contribution in [0.2, 0.25) is 0 Å². The first-order valence-electron chi connectivity index (χ1n) is 42.3. The summed E-state index contributed by atoms with van der Waals surface area (Å²) in [5.74, 6) is -4.10. The summed E-state index contributed by atoms with van der Waals surface area (Å²) in [5.41, 5.74) is 1.38. The minimum Gasteiger partial charge on any atom is -0.462 e. The molecule has 0 spiro atoms. The van der Waals surface area contributed by atoms with Crippen molar-refractivity contribution in [1.82, 2.24) is 0 Å². The Balaban J connectivity index is -0.000000446. The van der Waals surface area contributed by atoms with Crippen LogP contribution in [0.25, 0.3) is 0 Å². The lowest BCUT2D eigenvalue weighted by Gasteiger charge is -2.61. The summed E-state index contributed by atoms with van der Waals surface area (Å²) in [4.78, 5) is 120. The van der Waals surface area contributed by atoms with Gasteiger partial charge in [-0.15, -0.1) is 0 Å². The Morgan fingerprint density at radius 2 is 0.767 bits per heavy atom. The minimum absolute atomic E-state index is 0.0470. The maximum absolute atomic E-state index is 12.0. The van der Waals surface area contributed by atoms with Gasteiger partial charge >= 0.3 is 90.4 Å². The average Bonchev–Trinajstić information content (AvgIpc) is 0.985. The van der Waals surface area contributed by atoms with E-state index < -0.39 is 78.2 Å². The third kappa shape index (κ3) is 56.8. The van der Waals surface area contributed by atoms with Gasteiger partial charge in [0.05, 0.1) is 19.3 Å². The number of rotatable bonds is 26. The van der Waals surface area contributed by atoms with E-state index in [1.807, 2.05) is 69.2 Å². The highest BCUT2D eigenvalue weighted by Crippen LogP contribution is 2.64. The highest BCUT2D eigenvalue weighted by Gasteiger charge is 2.62. The van der Waals surface area contributed by atoms with E-state index in [2.05, 4.69) is 108 Å². The first-order valence-corrected chi connectivity index (χ1v) is 42.3. The molecule has 0 saturated heterocycles. The van der Waals surface area contributed by atoms with Crippen LogP contribution in [-0.2, 0) is 105 Å². The van der Waals surface area contributed by atoms with Gasteiger partial charge in [0.25, 0.3) is 12.2 Å². The van der Waals surface area contributed by atoms with Gasteiger partial charge < -0.3 is 52.1 Å². The summed E-state index contributed by atoms with van der Waals surface area (Å²) < 4.78 is 194. The zero-order valence-corrected chi connectivity index (χ0v) is 80.6. The molecule has 0 aromatic rings. The van der Waals surface area contributed by atoms with Gasteiger partial charge in [0.2, 0.25) is 0 Å². The number of unbranched alkanes of at least 4 members (excludes halogenated alkanes) is 1. The van der Waals surface area contributed by atoms with E-state index in [0.29, 0.717) is 58.1 Å². The number of alkyl halides is 12. The summed E-state index contributed by atoms with van der Waals surface area (Å²) >= 11 is 0. The molecule has 0 unspecified atom stereocenters. The lowest BCUT2D eigenvalue weighted by Crippen LogP contribution is -2.57. The fourth-order valence-corrected chi connectivity index (χ4v) is 11.7. The van der Waals surface area contributed by atoms with Crippen LogP contribution >= 0.6 is 0 Å². The quantitative estimate of drug-likeness (QED) is 0.0255. The van der Waals surface area contributed by atoms with Crippen molar-refractivity contribution in [3.05, 3.63) is 122 Å². The third-order valence-electron chi connectivity index (χ3n) is 19.4. The normalized spacial score (nSPS) is 17.0. The first kappa shape index (κ1) is 128. The predicted molar refractivity (Wildman–Crippen MR) is 468 cm³/mol. The molecular formula is C95H146F12O22. The van der Waals surface area contributed by atoms with Gasteiger partial charge in [-0.05, 0) is 251 Å². The van der Waals surface area contributed by atoms with E-state index in [-0.39, 0.29) is 87.6 Å².